The molecule has 1 saturated carbocycles. The summed E-state index contributed by atoms with van der Waals surface area (Å²) >= 11 is 3.02. The molecule has 0 unspecified atom stereocenters. The molecule has 15 heavy (non-hydrogen) atoms. The largest absolute Gasteiger partial charge is 0.433 e. The molecule has 1 aromatic rings. The first-order valence-electron chi connectivity index (χ1n) is 4.42. The molecule has 2 N–H and O–H groups in total. The Morgan fingerprint density at radius 2 is 2.00 bits per heavy atom. The lowest BCUT2D eigenvalue weighted by Gasteiger charge is -2.11. The van der Waals surface area contributed by atoms with Gasteiger partial charge in [0.15, 0.2) is 0 Å². The SMILES string of the molecule is Nc1c(Br)cc(C(F)(F)F)nc1C1CC1. The van der Waals surface area contributed by atoms with Crippen molar-refractivity contribution in [2.45, 2.75) is 24.9 Å². The second-order valence-electron chi connectivity index (χ2n) is 3.56. The highest BCUT2D eigenvalue weighted by Gasteiger charge is 2.36. The maximum atomic E-state index is 12.4. The highest BCUT2D eigenvalue weighted by molar-refractivity contribution is 9.10. The Morgan fingerprint density at radius 3 is 2.47 bits per heavy atom. The molecule has 0 amide bonds. The molecule has 6 heteroatoms. The third-order valence-electron chi connectivity index (χ3n) is 2.29. The number of hydrogen-bond donors (Lipinski definition) is 1. The minimum Gasteiger partial charge on any atom is -0.396 e. The molecule has 2 nitrogen and oxygen atoms in total. The van der Waals surface area contributed by atoms with Gasteiger partial charge >= 0.3 is 6.18 Å². The fourth-order valence-corrected chi connectivity index (χ4v) is 1.78. The fourth-order valence-electron chi connectivity index (χ4n) is 1.36. The van der Waals surface area contributed by atoms with E-state index in [0.29, 0.717) is 11.4 Å². The summed E-state index contributed by atoms with van der Waals surface area (Å²) in [7, 11) is 0. The van der Waals surface area contributed by atoms with E-state index in [2.05, 4.69) is 20.9 Å². The van der Waals surface area contributed by atoms with Gasteiger partial charge in [-0.15, -0.1) is 0 Å². The summed E-state index contributed by atoms with van der Waals surface area (Å²) in [6.07, 6.45) is -2.68. The Labute approximate surface area is 92.8 Å². The normalized spacial score (nSPS) is 16.8. The summed E-state index contributed by atoms with van der Waals surface area (Å²) in [4.78, 5) is 3.59. The number of halogens is 4. The highest BCUT2D eigenvalue weighted by atomic mass is 79.9. The second-order valence-corrected chi connectivity index (χ2v) is 4.41. The maximum Gasteiger partial charge on any atom is 0.433 e. The average Bonchev–Trinajstić information content (AvgIpc) is 2.90. The Morgan fingerprint density at radius 1 is 1.40 bits per heavy atom. The van der Waals surface area contributed by atoms with Crippen molar-refractivity contribution in [3.63, 3.8) is 0 Å². The second kappa shape index (κ2) is 3.37. The van der Waals surface area contributed by atoms with Crippen molar-refractivity contribution in [1.29, 1.82) is 0 Å². The van der Waals surface area contributed by atoms with Crippen LogP contribution < -0.4 is 5.73 Å². The molecule has 0 radical (unpaired) electrons. The molecule has 0 aliphatic heterocycles. The third-order valence-corrected chi connectivity index (χ3v) is 2.95. The summed E-state index contributed by atoms with van der Waals surface area (Å²) in [6, 6.07) is 0.918. The Balaban J connectivity index is 2.51. The number of alkyl halides is 3. The van der Waals surface area contributed by atoms with Crippen LogP contribution >= 0.6 is 15.9 Å². The van der Waals surface area contributed by atoms with Gasteiger partial charge in [-0.2, -0.15) is 13.2 Å². The number of aromatic nitrogens is 1. The van der Waals surface area contributed by atoms with E-state index in [-0.39, 0.29) is 10.4 Å². The highest BCUT2D eigenvalue weighted by Crippen LogP contribution is 2.44. The molecule has 0 atom stereocenters. The summed E-state index contributed by atoms with van der Waals surface area (Å²) in [5.74, 6) is 0.101. The molecule has 1 fully saturated rings. The molecule has 1 aliphatic rings. The van der Waals surface area contributed by atoms with Crippen LogP contribution in [0.4, 0.5) is 18.9 Å². The van der Waals surface area contributed by atoms with Gasteiger partial charge in [0.05, 0.1) is 11.4 Å². The predicted molar refractivity (Wildman–Crippen MR) is 53.3 cm³/mol. The van der Waals surface area contributed by atoms with Crippen molar-refractivity contribution in [2.24, 2.45) is 0 Å². The molecule has 0 aromatic carbocycles. The van der Waals surface area contributed by atoms with E-state index in [1.807, 2.05) is 0 Å². The quantitative estimate of drug-likeness (QED) is 0.857. The maximum absolute atomic E-state index is 12.4. The summed E-state index contributed by atoms with van der Waals surface area (Å²) in [5, 5.41) is 0. The van der Waals surface area contributed by atoms with Crippen LogP contribution in [-0.4, -0.2) is 4.98 Å². The Hall–Kier alpha value is -0.780. The van der Waals surface area contributed by atoms with Crippen molar-refractivity contribution in [3.05, 3.63) is 21.9 Å². The van der Waals surface area contributed by atoms with Gasteiger partial charge in [-0.1, -0.05) is 0 Å². The number of pyridine rings is 1. The molecule has 1 aromatic heterocycles. The van der Waals surface area contributed by atoms with E-state index >= 15 is 0 Å². The monoisotopic (exact) mass is 280 g/mol. The molecule has 0 spiro atoms. The zero-order valence-corrected chi connectivity index (χ0v) is 9.19. The first-order chi connectivity index (χ1) is 6.89. The summed E-state index contributed by atoms with van der Waals surface area (Å²) in [6.45, 7) is 0. The minimum absolute atomic E-state index is 0.101. The molecular weight excluding hydrogens is 273 g/mol. The first-order valence-corrected chi connectivity index (χ1v) is 5.22. The lowest BCUT2D eigenvalue weighted by molar-refractivity contribution is -0.141. The Bertz CT molecular complexity index is 399. The van der Waals surface area contributed by atoms with E-state index in [0.717, 1.165) is 18.9 Å². The van der Waals surface area contributed by atoms with Crippen molar-refractivity contribution >= 4 is 21.6 Å². The number of anilines is 1. The van der Waals surface area contributed by atoms with Gasteiger partial charge in [-0.3, -0.25) is 0 Å². The number of hydrogen-bond acceptors (Lipinski definition) is 2. The number of nitrogens with zero attached hydrogens (tertiary/aromatic N) is 1. The van der Waals surface area contributed by atoms with E-state index in [1.54, 1.807) is 0 Å². The Kier molecular flexibility index (Phi) is 2.41. The van der Waals surface area contributed by atoms with Crippen LogP contribution in [-0.2, 0) is 6.18 Å². The van der Waals surface area contributed by atoms with Gasteiger partial charge in [0, 0.05) is 10.4 Å². The smallest absolute Gasteiger partial charge is 0.396 e. The van der Waals surface area contributed by atoms with Crippen molar-refractivity contribution in [2.75, 3.05) is 5.73 Å². The number of nitrogens with two attached hydrogens (primary N) is 1. The van der Waals surface area contributed by atoms with Gasteiger partial charge in [-0.05, 0) is 34.8 Å². The number of nitrogen functional groups attached to an aromatic ring is 1. The fraction of sp³-hybridized carbons (Fsp3) is 0.444. The van der Waals surface area contributed by atoms with E-state index in [1.165, 1.54) is 0 Å². The molecule has 2 rings (SSSR count). The standard InChI is InChI=1S/C9H8BrF3N2/c10-5-3-6(9(11,12)13)15-8(7(5)14)4-1-2-4/h3-4H,1-2,14H2. The lowest BCUT2D eigenvalue weighted by atomic mass is 10.2. The van der Waals surface area contributed by atoms with Crippen molar-refractivity contribution in [3.8, 4) is 0 Å². The van der Waals surface area contributed by atoms with Crippen LogP contribution in [0, 0.1) is 0 Å². The molecule has 1 aliphatic carbocycles. The van der Waals surface area contributed by atoms with Crippen LogP contribution in [0.15, 0.2) is 10.5 Å². The van der Waals surface area contributed by atoms with Gasteiger partial charge in [0.1, 0.15) is 5.69 Å². The average molecular weight is 281 g/mol. The molecule has 0 saturated heterocycles. The van der Waals surface area contributed by atoms with E-state index in [9.17, 15) is 13.2 Å². The van der Waals surface area contributed by atoms with Gasteiger partial charge < -0.3 is 5.73 Å². The van der Waals surface area contributed by atoms with Crippen LogP contribution in [0.1, 0.15) is 30.1 Å². The van der Waals surface area contributed by atoms with Crippen molar-refractivity contribution in [1.82, 2.24) is 4.98 Å². The third kappa shape index (κ3) is 2.09. The van der Waals surface area contributed by atoms with Crippen LogP contribution in [0.5, 0.6) is 0 Å². The van der Waals surface area contributed by atoms with Crippen LogP contribution in [0.25, 0.3) is 0 Å². The molecule has 1 heterocycles. The summed E-state index contributed by atoms with van der Waals surface area (Å²) in [5.41, 5.74) is 5.47. The predicted octanol–water partition coefficient (Wildman–Crippen LogP) is 3.32. The zero-order chi connectivity index (χ0) is 11.2. The van der Waals surface area contributed by atoms with Gasteiger partial charge in [-0.25, -0.2) is 4.98 Å². The van der Waals surface area contributed by atoms with E-state index in [4.69, 9.17) is 5.73 Å². The molecular formula is C9H8BrF3N2. The van der Waals surface area contributed by atoms with E-state index < -0.39 is 11.9 Å². The topological polar surface area (TPSA) is 38.9 Å². The van der Waals surface area contributed by atoms with Gasteiger partial charge in [0.25, 0.3) is 0 Å². The van der Waals surface area contributed by atoms with Gasteiger partial charge in [0.2, 0.25) is 0 Å². The minimum atomic E-state index is -4.42. The van der Waals surface area contributed by atoms with Crippen LogP contribution in [0.2, 0.25) is 0 Å². The van der Waals surface area contributed by atoms with Crippen LogP contribution in [0.3, 0.4) is 0 Å². The summed E-state index contributed by atoms with van der Waals surface area (Å²) < 4.78 is 37.6. The number of rotatable bonds is 1. The molecule has 0 bridgehead atoms. The van der Waals surface area contributed by atoms with Crippen molar-refractivity contribution < 1.29 is 13.2 Å². The first kappa shape index (κ1) is 10.7. The zero-order valence-electron chi connectivity index (χ0n) is 7.61. The molecule has 82 valence electrons. The lowest BCUT2D eigenvalue weighted by Crippen LogP contribution is -2.11.